The van der Waals surface area contributed by atoms with E-state index in [2.05, 4.69) is 4.98 Å². The molecule has 0 amide bonds. The number of ketones is 1. The van der Waals surface area contributed by atoms with E-state index in [-0.39, 0.29) is 5.78 Å². The summed E-state index contributed by atoms with van der Waals surface area (Å²) in [6, 6.07) is 5.48. The van der Waals surface area contributed by atoms with Gasteiger partial charge < -0.3 is 14.7 Å². The number of rotatable bonds is 4. The van der Waals surface area contributed by atoms with Gasteiger partial charge in [-0.15, -0.1) is 11.8 Å². The SMILES string of the molecule is CSc1ccc(C(=O)c2c(C)cc3n2CCC3C(=O)O)[nH]1. The predicted molar refractivity (Wildman–Crippen MR) is 80.2 cm³/mol. The number of fused-ring (bicyclic) bond motifs is 1. The van der Waals surface area contributed by atoms with Crippen molar-refractivity contribution in [1.82, 2.24) is 9.55 Å². The molecule has 3 rings (SSSR count). The minimum absolute atomic E-state index is 0.0786. The molecule has 2 aromatic rings. The van der Waals surface area contributed by atoms with Crippen molar-refractivity contribution < 1.29 is 14.7 Å². The highest BCUT2D eigenvalue weighted by Gasteiger charge is 2.33. The highest BCUT2D eigenvalue weighted by molar-refractivity contribution is 7.98. The van der Waals surface area contributed by atoms with Gasteiger partial charge in [0.2, 0.25) is 5.78 Å². The van der Waals surface area contributed by atoms with Crippen molar-refractivity contribution in [2.45, 2.75) is 30.8 Å². The van der Waals surface area contributed by atoms with Gasteiger partial charge in [0.25, 0.3) is 0 Å². The number of nitrogens with zero attached hydrogens (tertiary/aromatic N) is 1. The minimum atomic E-state index is -0.824. The van der Waals surface area contributed by atoms with Crippen LogP contribution in [0.5, 0.6) is 0 Å². The van der Waals surface area contributed by atoms with E-state index in [0.717, 1.165) is 16.3 Å². The third-order valence-electron chi connectivity index (χ3n) is 3.95. The van der Waals surface area contributed by atoms with E-state index in [0.29, 0.717) is 24.4 Å². The van der Waals surface area contributed by atoms with E-state index < -0.39 is 11.9 Å². The predicted octanol–water partition coefficient (Wildman–Crippen LogP) is 2.65. The van der Waals surface area contributed by atoms with E-state index in [1.807, 2.05) is 29.9 Å². The van der Waals surface area contributed by atoms with Gasteiger partial charge in [-0.3, -0.25) is 9.59 Å². The van der Waals surface area contributed by atoms with E-state index in [1.54, 1.807) is 17.8 Å². The number of carbonyl (C=O) groups is 2. The average Bonchev–Trinajstić information content (AvgIpc) is 3.11. The van der Waals surface area contributed by atoms with Crippen LogP contribution in [0, 0.1) is 6.92 Å². The monoisotopic (exact) mass is 304 g/mol. The summed E-state index contributed by atoms with van der Waals surface area (Å²) >= 11 is 1.55. The molecular weight excluding hydrogens is 288 g/mol. The third-order valence-corrected chi connectivity index (χ3v) is 4.63. The van der Waals surface area contributed by atoms with Crippen molar-refractivity contribution >= 4 is 23.5 Å². The molecule has 0 bridgehead atoms. The summed E-state index contributed by atoms with van der Waals surface area (Å²) in [5.41, 5.74) is 2.71. The van der Waals surface area contributed by atoms with Crippen LogP contribution >= 0.6 is 11.8 Å². The molecule has 1 unspecified atom stereocenters. The van der Waals surface area contributed by atoms with Crippen LogP contribution in [-0.2, 0) is 11.3 Å². The number of thioether (sulfide) groups is 1. The van der Waals surface area contributed by atoms with Crippen LogP contribution in [0.25, 0.3) is 0 Å². The number of aryl methyl sites for hydroxylation is 1. The van der Waals surface area contributed by atoms with Gasteiger partial charge in [0, 0.05) is 12.2 Å². The third kappa shape index (κ3) is 2.19. The van der Waals surface area contributed by atoms with Gasteiger partial charge in [-0.25, -0.2) is 0 Å². The van der Waals surface area contributed by atoms with Gasteiger partial charge in [-0.1, -0.05) is 0 Å². The maximum Gasteiger partial charge on any atom is 0.312 e. The fourth-order valence-electron chi connectivity index (χ4n) is 2.95. The van der Waals surface area contributed by atoms with E-state index in [4.69, 9.17) is 0 Å². The van der Waals surface area contributed by atoms with Crippen LogP contribution in [-0.4, -0.2) is 32.7 Å². The number of aromatic nitrogens is 2. The molecule has 6 heteroatoms. The van der Waals surface area contributed by atoms with Gasteiger partial charge in [-0.05, 0) is 43.4 Å². The normalized spacial score (nSPS) is 17.0. The number of H-pyrrole nitrogens is 1. The van der Waals surface area contributed by atoms with Crippen molar-refractivity contribution in [3.63, 3.8) is 0 Å². The van der Waals surface area contributed by atoms with Crippen molar-refractivity contribution in [1.29, 1.82) is 0 Å². The Labute approximate surface area is 126 Å². The lowest BCUT2D eigenvalue weighted by molar-refractivity contribution is -0.138. The topological polar surface area (TPSA) is 75.1 Å². The first kappa shape index (κ1) is 14.0. The van der Waals surface area contributed by atoms with E-state index in [9.17, 15) is 14.7 Å². The quantitative estimate of drug-likeness (QED) is 0.672. The smallest absolute Gasteiger partial charge is 0.312 e. The van der Waals surface area contributed by atoms with E-state index >= 15 is 0 Å². The zero-order valence-corrected chi connectivity index (χ0v) is 12.7. The molecule has 0 radical (unpaired) electrons. The zero-order chi connectivity index (χ0) is 15.1. The lowest BCUT2D eigenvalue weighted by Crippen LogP contribution is -2.11. The number of aromatic amines is 1. The molecule has 0 saturated carbocycles. The Morgan fingerprint density at radius 2 is 2.19 bits per heavy atom. The molecule has 1 atom stereocenters. The van der Waals surface area contributed by atoms with Crippen molar-refractivity contribution in [2.24, 2.45) is 0 Å². The Kier molecular flexibility index (Phi) is 3.41. The summed E-state index contributed by atoms with van der Waals surface area (Å²) in [6.07, 6.45) is 2.49. The fraction of sp³-hybridized carbons (Fsp3) is 0.333. The number of carboxylic acid groups (broad SMARTS) is 1. The van der Waals surface area contributed by atoms with Crippen LogP contribution < -0.4 is 0 Å². The second-order valence-corrected chi connectivity index (χ2v) is 6.05. The number of carbonyl (C=O) groups excluding carboxylic acids is 1. The summed E-state index contributed by atoms with van der Waals surface area (Å²) in [7, 11) is 0. The Morgan fingerprint density at radius 1 is 1.43 bits per heavy atom. The molecule has 2 N–H and O–H groups in total. The standard InChI is InChI=1S/C15H16N2O3S/c1-8-7-11-9(15(19)20)5-6-17(11)13(8)14(18)10-3-4-12(16-10)21-2/h3-4,7,9,16H,5-6H2,1-2H3,(H,19,20). The Morgan fingerprint density at radius 3 is 2.81 bits per heavy atom. The maximum atomic E-state index is 12.7. The van der Waals surface area contributed by atoms with E-state index in [1.165, 1.54) is 0 Å². The number of hydrogen-bond acceptors (Lipinski definition) is 3. The van der Waals surface area contributed by atoms with Crippen LogP contribution in [0.3, 0.4) is 0 Å². The van der Waals surface area contributed by atoms with Gasteiger partial charge in [0.05, 0.1) is 22.3 Å². The molecule has 0 aliphatic carbocycles. The lowest BCUT2D eigenvalue weighted by atomic mass is 10.0. The van der Waals surface area contributed by atoms with Crippen LogP contribution in [0.1, 0.15) is 39.8 Å². The van der Waals surface area contributed by atoms with Crippen molar-refractivity contribution in [2.75, 3.05) is 6.26 Å². The molecular formula is C15H16N2O3S. The second-order valence-electron chi connectivity index (χ2n) is 5.20. The zero-order valence-electron chi connectivity index (χ0n) is 11.8. The molecule has 0 saturated heterocycles. The largest absolute Gasteiger partial charge is 0.481 e. The molecule has 0 aromatic carbocycles. The van der Waals surface area contributed by atoms with Crippen molar-refractivity contribution in [3.05, 3.63) is 40.8 Å². The van der Waals surface area contributed by atoms with Gasteiger partial charge in [0.1, 0.15) is 0 Å². The molecule has 0 spiro atoms. The molecule has 2 aromatic heterocycles. The maximum absolute atomic E-state index is 12.7. The first-order valence-electron chi connectivity index (χ1n) is 6.73. The summed E-state index contributed by atoms with van der Waals surface area (Å²) in [4.78, 5) is 27.0. The molecule has 1 aliphatic heterocycles. The number of hydrogen-bond donors (Lipinski definition) is 2. The van der Waals surface area contributed by atoms with Crippen LogP contribution in [0.15, 0.2) is 23.2 Å². The summed E-state index contributed by atoms with van der Waals surface area (Å²) < 4.78 is 1.86. The van der Waals surface area contributed by atoms with Crippen LogP contribution in [0.2, 0.25) is 0 Å². The molecule has 5 nitrogen and oxygen atoms in total. The summed E-state index contributed by atoms with van der Waals surface area (Å²) in [6.45, 7) is 2.44. The van der Waals surface area contributed by atoms with Crippen LogP contribution in [0.4, 0.5) is 0 Å². The molecule has 1 aliphatic rings. The number of aliphatic carboxylic acids is 1. The minimum Gasteiger partial charge on any atom is -0.481 e. The highest BCUT2D eigenvalue weighted by atomic mass is 32.2. The fourth-order valence-corrected chi connectivity index (χ4v) is 3.37. The Hall–Kier alpha value is -1.95. The number of nitrogens with one attached hydrogen (secondary N) is 1. The Bertz CT molecular complexity index is 729. The first-order chi connectivity index (χ1) is 10.0. The molecule has 3 heterocycles. The van der Waals surface area contributed by atoms with Crippen molar-refractivity contribution in [3.8, 4) is 0 Å². The van der Waals surface area contributed by atoms with Gasteiger partial charge in [-0.2, -0.15) is 0 Å². The summed E-state index contributed by atoms with van der Waals surface area (Å²) in [5.74, 6) is -1.41. The molecule has 0 fully saturated rings. The van der Waals surface area contributed by atoms with Gasteiger partial charge in [0.15, 0.2) is 0 Å². The first-order valence-corrected chi connectivity index (χ1v) is 7.96. The average molecular weight is 304 g/mol. The molecule has 110 valence electrons. The number of carboxylic acids is 1. The Balaban J connectivity index is 2.02. The molecule has 21 heavy (non-hydrogen) atoms. The lowest BCUT2D eigenvalue weighted by Gasteiger charge is -2.05. The summed E-state index contributed by atoms with van der Waals surface area (Å²) in [5, 5.41) is 10.2. The highest BCUT2D eigenvalue weighted by Crippen LogP contribution is 2.33. The van der Waals surface area contributed by atoms with Gasteiger partial charge >= 0.3 is 5.97 Å². The second kappa shape index (κ2) is 5.11.